The lowest BCUT2D eigenvalue weighted by molar-refractivity contribution is 0.102. The molecule has 106 valence electrons. The fourth-order valence-electron chi connectivity index (χ4n) is 2.08. The summed E-state index contributed by atoms with van der Waals surface area (Å²) in [5.74, 6) is 0.240. The first-order valence-corrected chi connectivity index (χ1v) is 6.36. The molecule has 0 saturated carbocycles. The number of para-hydroxylation sites is 1. The molecular weight excluding hydrogens is 268 g/mol. The number of methoxy groups -OCH3 is 1. The van der Waals surface area contributed by atoms with Crippen LogP contribution in [0, 0.1) is 0 Å². The van der Waals surface area contributed by atoms with E-state index in [-0.39, 0.29) is 5.91 Å². The SMILES string of the molecule is COc1ccc(NC(=O)c2cc3cccc(N)c3[nH]2)cn1. The molecule has 0 fully saturated rings. The molecule has 1 amide bonds. The van der Waals surface area contributed by atoms with E-state index in [1.807, 2.05) is 12.1 Å². The number of nitrogens with two attached hydrogens (primary N) is 1. The summed E-state index contributed by atoms with van der Waals surface area (Å²) in [5.41, 5.74) is 8.27. The second kappa shape index (κ2) is 5.16. The first-order valence-electron chi connectivity index (χ1n) is 6.36. The quantitative estimate of drug-likeness (QED) is 0.643. The second-order valence-electron chi connectivity index (χ2n) is 4.54. The van der Waals surface area contributed by atoms with E-state index >= 15 is 0 Å². The van der Waals surface area contributed by atoms with Gasteiger partial charge in [-0.2, -0.15) is 0 Å². The number of aromatic nitrogens is 2. The Kier molecular flexibility index (Phi) is 3.19. The lowest BCUT2D eigenvalue weighted by Gasteiger charge is -2.04. The van der Waals surface area contributed by atoms with Gasteiger partial charge < -0.3 is 20.8 Å². The number of benzene rings is 1. The van der Waals surface area contributed by atoms with Crippen LogP contribution >= 0.6 is 0 Å². The van der Waals surface area contributed by atoms with Crippen molar-refractivity contribution in [2.45, 2.75) is 0 Å². The topological polar surface area (TPSA) is 93.0 Å². The van der Waals surface area contributed by atoms with Crippen LogP contribution in [0.15, 0.2) is 42.6 Å². The molecule has 3 rings (SSSR count). The van der Waals surface area contributed by atoms with Crippen molar-refractivity contribution in [3.63, 3.8) is 0 Å². The maximum Gasteiger partial charge on any atom is 0.272 e. The first kappa shape index (κ1) is 13.0. The minimum absolute atomic E-state index is 0.252. The lowest BCUT2D eigenvalue weighted by atomic mass is 10.2. The van der Waals surface area contributed by atoms with Gasteiger partial charge in [0.05, 0.1) is 30.2 Å². The number of H-pyrrole nitrogens is 1. The average molecular weight is 282 g/mol. The number of nitrogen functional groups attached to an aromatic ring is 1. The van der Waals surface area contributed by atoms with Gasteiger partial charge in [0.25, 0.3) is 5.91 Å². The Morgan fingerprint density at radius 2 is 2.19 bits per heavy atom. The van der Waals surface area contributed by atoms with E-state index in [1.165, 1.54) is 13.3 Å². The molecule has 0 spiro atoms. The van der Waals surface area contributed by atoms with Gasteiger partial charge in [-0.1, -0.05) is 12.1 Å². The zero-order valence-electron chi connectivity index (χ0n) is 11.4. The highest BCUT2D eigenvalue weighted by Crippen LogP contribution is 2.21. The van der Waals surface area contributed by atoms with Crippen LogP contribution in [-0.4, -0.2) is 23.0 Å². The fourth-order valence-corrected chi connectivity index (χ4v) is 2.08. The Hall–Kier alpha value is -3.02. The third-order valence-electron chi connectivity index (χ3n) is 3.14. The summed E-state index contributed by atoms with van der Waals surface area (Å²) in [5, 5.41) is 3.66. The molecule has 0 aliphatic carbocycles. The summed E-state index contributed by atoms with van der Waals surface area (Å²) < 4.78 is 4.97. The van der Waals surface area contributed by atoms with Crippen LogP contribution in [0.4, 0.5) is 11.4 Å². The Morgan fingerprint density at radius 3 is 2.86 bits per heavy atom. The number of aromatic amines is 1. The van der Waals surface area contributed by atoms with Crippen molar-refractivity contribution in [1.29, 1.82) is 0 Å². The van der Waals surface area contributed by atoms with Crippen molar-refractivity contribution >= 4 is 28.2 Å². The van der Waals surface area contributed by atoms with Crippen LogP contribution in [0.5, 0.6) is 5.88 Å². The van der Waals surface area contributed by atoms with Crippen LogP contribution < -0.4 is 15.8 Å². The average Bonchev–Trinajstić information content (AvgIpc) is 2.94. The zero-order valence-corrected chi connectivity index (χ0v) is 11.4. The number of pyridine rings is 1. The Morgan fingerprint density at radius 1 is 1.33 bits per heavy atom. The van der Waals surface area contributed by atoms with Crippen LogP contribution in [0.1, 0.15) is 10.5 Å². The van der Waals surface area contributed by atoms with Crippen molar-refractivity contribution in [3.05, 3.63) is 48.3 Å². The molecule has 21 heavy (non-hydrogen) atoms. The van der Waals surface area contributed by atoms with Crippen molar-refractivity contribution < 1.29 is 9.53 Å². The fraction of sp³-hybridized carbons (Fsp3) is 0.0667. The highest BCUT2D eigenvalue weighted by atomic mass is 16.5. The number of carbonyl (C=O) groups is 1. The molecule has 2 aromatic heterocycles. The standard InChI is InChI=1S/C15H14N4O2/c1-21-13-6-5-10(8-17-13)18-15(20)12-7-9-3-2-4-11(16)14(9)19-12/h2-8,19H,16H2,1H3,(H,18,20). The molecule has 4 N–H and O–H groups in total. The molecule has 0 aliphatic rings. The van der Waals surface area contributed by atoms with E-state index in [2.05, 4.69) is 15.3 Å². The zero-order chi connectivity index (χ0) is 14.8. The third kappa shape index (κ3) is 2.51. The number of rotatable bonds is 3. The van der Waals surface area contributed by atoms with Crippen molar-refractivity contribution in [2.75, 3.05) is 18.2 Å². The van der Waals surface area contributed by atoms with Gasteiger partial charge in [-0.25, -0.2) is 4.98 Å². The van der Waals surface area contributed by atoms with Crippen molar-refractivity contribution in [2.24, 2.45) is 0 Å². The Bertz CT molecular complexity index is 793. The summed E-state index contributed by atoms with van der Waals surface area (Å²) >= 11 is 0. The molecular formula is C15H14N4O2. The normalized spacial score (nSPS) is 10.5. The van der Waals surface area contributed by atoms with Crippen molar-refractivity contribution in [3.8, 4) is 5.88 Å². The van der Waals surface area contributed by atoms with Gasteiger partial charge in [-0.05, 0) is 18.2 Å². The van der Waals surface area contributed by atoms with Gasteiger partial charge in [0.1, 0.15) is 5.69 Å². The maximum atomic E-state index is 12.2. The Labute approximate surface area is 120 Å². The molecule has 6 heteroatoms. The van der Waals surface area contributed by atoms with Gasteiger partial charge in [0.2, 0.25) is 5.88 Å². The predicted octanol–water partition coefficient (Wildman–Crippen LogP) is 2.41. The highest BCUT2D eigenvalue weighted by Gasteiger charge is 2.11. The van der Waals surface area contributed by atoms with Gasteiger partial charge >= 0.3 is 0 Å². The van der Waals surface area contributed by atoms with Crippen LogP contribution in [0.3, 0.4) is 0 Å². The number of fused-ring (bicyclic) bond motifs is 1. The van der Waals surface area contributed by atoms with Gasteiger partial charge in [0, 0.05) is 11.5 Å². The minimum atomic E-state index is -0.252. The summed E-state index contributed by atoms with van der Waals surface area (Å²) in [6, 6.07) is 10.7. The third-order valence-corrected chi connectivity index (χ3v) is 3.14. The molecule has 0 atom stereocenters. The van der Waals surface area contributed by atoms with E-state index in [4.69, 9.17) is 10.5 Å². The summed E-state index contributed by atoms with van der Waals surface area (Å²) in [7, 11) is 1.54. The summed E-state index contributed by atoms with van der Waals surface area (Å²) in [4.78, 5) is 19.3. The van der Waals surface area contributed by atoms with E-state index in [0.29, 0.717) is 22.9 Å². The molecule has 0 bridgehead atoms. The lowest BCUT2D eigenvalue weighted by Crippen LogP contribution is -2.12. The van der Waals surface area contributed by atoms with E-state index in [0.717, 1.165) is 10.9 Å². The number of anilines is 2. The van der Waals surface area contributed by atoms with Gasteiger partial charge in [-0.3, -0.25) is 4.79 Å². The first-order chi connectivity index (χ1) is 10.2. The highest BCUT2D eigenvalue weighted by molar-refractivity contribution is 6.07. The number of amides is 1. The van der Waals surface area contributed by atoms with Gasteiger partial charge in [-0.15, -0.1) is 0 Å². The summed E-state index contributed by atoms with van der Waals surface area (Å²) in [6.07, 6.45) is 1.54. The number of nitrogens with zero attached hydrogens (tertiary/aromatic N) is 1. The Balaban J connectivity index is 1.84. The molecule has 1 aromatic carbocycles. The van der Waals surface area contributed by atoms with Crippen LogP contribution in [0.25, 0.3) is 10.9 Å². The van der Waals surface area contributed by atoms with Gasteiger partial charge in [0.15, 0.2) is 0 Å². The molecule has 6 nitrogen and oxygen atoms in total. The molecule has 2 heterocycles. The smallest absolute Gasteiger partial charge is 0.272 e. The number of ether oxygens (including phenoxy) is 1. The summed E-state index contributed by atoms with van der Waals surface area (Å²) in [6.45, 7) is 0. The van der Waals surface area contributed by atoms with E-state index in [9.17, 15) is 4.79 Å². The largest absolute Gasteiger partial charge is 0.481 e. The molecule has 0 unspecified atom stereocenters. The molecule has 0 aliphatic heterocycles. The monoisotopic (exact) mass is 282 g/mol. The number of hydrogen-bond donors (Lipinski definition) is 3. The predicted molar refractivity (Wildman–Crippen MR) is 81.5 cm³/mol. The van der Waals surface area contributed by atoms with Crippen molar-refractivity contribution in [1.82, 2.24) is 9.97 Å². The number of hydrogen-bond acceptors (Lipinski definition) is 4. The van der Waals surface area contributed by atoms with E-state index < -0.39 is 0 Å². The minimum Gasteiger partial charge on any atom is -0.481 e. The number of nitrogens with one attached hydrogen (secondary N) is 2. The van der Waals surface area contributed by atoms with Crippen LogP contribution in [-0.2, 0) is 0 Å². The van der Waals surface area contributed by atoms with Crippen LogP contribution in [0.2, 0.25) is 0 Å². The molecule has 0 saturated heterocycles. The van der Waals surface area contributed by atoms with E-state index in [1.54, 1.807) is 24.3 Å². The molecule has 0 radical (unpaired) electrons. The second-order valence-corrected chi connectivity index (χ2v) is 4.54. The molecule has 3 aromatic rings. The number of carbonyl (C=O) groups excluding carboxylic acids is 1. The maximum absolute atomic E-state index is 12.2.